The summed E-state index contributed by atoms with van der Waals surface area (Å²) in [5.41, 5.74) is 1.15. The van der Waals surface area contributed by atoms with Gasteiger partial charge in [0.05, 0.1) is 10.9 Å². The summed E-state index contributed by atoms with van der Waals surface area (Å²) in [5.74, 6) is -1.38. The number of carboxylic acid groups (broad SMARTS) is 1. The number of carboxylic acids is 1. The molecule has 148 valence electrons. The summed E-state index contributed by atoms with van der Waals surface area (Å²) in [6, 6.07) is 1.95. The van der Waals surface area contributed by atoms with E-state index in [9.17, 15) is 14.7 Å². The summed E-state index contributed by atoms with van der Waals surface area (Å²) < 4.78 is 5.46. The van der Waals surface area contributed by atoms with Gasteiger partial charge in [-0.3, -0.25) is 9.78 Å². The number of hydrogen-bond acceptors (Lipinski definition) is 4. The third kappa shape index (κ3) is 4.54. The molecule has 1 amide bonds. The molecule has 7 heteroatoms. The second-order valence-corrected chi connectivity index (χ2v) is 8.93. The van der Waals surface area contributed by atoms with E-state index in [1.54, 1.807) is 11.1 Å². The number of halogens is 1. The first-order valence-corrected chi connectivity index (χ1v) is 9.89. The van der Waals surface area contributed by atoms with E-state index in [0.717, 1.165) is 18.4 Å². The highest BCUT2D eigenvalue weighted by Crippen LogP contribution is 2.41. The molecule has 0 unspecified atom stereocenters. The van der Waals surface area contributed by atoms with Gasteiger partial charge in [-0.05, 0) is 57.6 Å². The Morgan fingerprint density at radius 1 is 1.30 bits per heavy atom. The van der Waals surface area contributed by atoms with E-state index in [1.807, 2.05) is 26.8 Å². The first-order valence-electron chi connectivity index (χ1n) is 9.52. The third-order valence-electron chi connectivity index (χ3n) is 5.41. The molecule has 2 heterocycles. The number of rotatable bonds is 3. The van der Waals surface area contributed by atoms with Crippen molar-refractivity contribution < 1.29 is 19.4 Å². The predicted octanol–water partition coefficient (Wildman–Crippen LogP) is 4.43. The lowest BCUT2D eigenvalue weighted by Crippen LogP contribution is -2.46. The highest BCUT2D eigenvalue weighted by Gasteiger charge is 2.39. The maximum Gasteiger partial charge on any atom is 0.410 e. The first-order chi connectivity index (χ1) is 12.7. The molecule has 2 aliphatic rings. The average molecular weight is 395 g/mol. The van der Waals surface area contributed by atoms with E-state index in [4.69, 9.17) is 16.3 Å². The van der Waals surface area contributed by atoms with E-state index in [1.165, 1.54) is 6.42 Å². The number of hydrogen-bond donors (Lipinski definition) is 1. The van der Waals surface area contributed by atoms with Crippen LogP contribution in [0.3, 0.4) is 0 Å². The van der Waals surface area contributed by atoms with E-state index in [0.29, 0.717) is 29.6 Å². The zero-order valence-corrected chi connectivity index (χ0v) is 16.8. The van der Waals surface area contributed by atoms with Gasteiger partial charge < -0.3 is 14.7 Å². The fourth-order valence-corrected chi connectivity index (χ4v) is 4.00. The molecule has 1 saturated heterocycles. The van der Waals surface area contributed by atoms with Crippen molar-refractivity contribution in [1.29, 1.82) is 0 Å². The van der Waals surface area contributed by atoms with Crippen LogP contribution in [0.1, 0.15) is 69.5 Å². The molecular formula is C20H27ClN2O4. The van der Waals surface area contributed by atoms with E-state index in [2.05, 4.69) is 4.98 Å². The molecule has 1 aromatic heterocycles. The summed E-state index contributed by atoms with van der Waals surface area (Å²) in [7, 11) is 0. The van der Waals surface area contributed by atoms with Crippen LogP contribution in [0, 0.1) is 5.92 Å². The minimum Gasteiger partial charge on any atom is -0.481 e. The largest absolute Gasteiger partial charge is 0.481 e. The summed E-state index contributed by atoms with van der Waals surface area (Å²) in [6.07, 6.45) is 4.97. The number of aromatic nitrogens is 1. The van der Waals surface area contributed by atoms with E-state index < -0.39 is 23.6 Å². The van der Waals surface area contributed by atoms with E-state index >= 15 is 0 Å². The van der Waals surface area contributed by atoms with Gasteiger partial charge >= 0.3 is 12.1 Å². The van der Waals surface area contributed by atoms with Crippen LogP contribution in [0.15, 0.2) is 12.3 Å². The van der Waals surface area contributed by atoms with Crippen LogP contribution in [-0.2, 0) is 9.53 Å². The average Bonchev–Trinajstić information content (AvgIpc) is 2.53. The molecule has 1 N–H and O–H groups in total. The van der Waals surface area contributed by atoms with Gasteiger partial charge in [-0.25, -0.2) is 4.79 Å². The van der Waals surface area contributed by atoms with Crippen molar-refractivity contribution in [1.82, 2.24) is 9.88 Å². The van der Waals surface area contributed by atoms with Gasteiger partial charge in [0.15, 0.2) is 0 Å². The van der Waals surface area contributed by atoms with Gasteiger partial charge in [0.25, 0.3) is 0 Å². The lowest BCUT2D eigenvalue weighted by molar-refractivity contribution is -0.144. The van der Waals surface area contributed by atoms with Gasteiger partial charge in [0.1, 0.15) is 5.60 Å². The Kier molecular flexibility index (Phi) is 5.65. The van der Waals surface area contributed by atoms with Crippen LogP contribution < -0.4 is 0 Å². The number of piperidine rings is 1. The van der Waals surface area contributed by atoms with Crippen LogP contribution in [0.4, 0.5) is 4.79 Å². The number of pyridine rings is 1. The zero-order chi connectivity index (χ0) is 19.8. The van der Waals surface area contributed by atoms with Gasteiger partial charge in [0.2, 0.25) is 0 Å². The van der Waals surface area contributed by atoms with Crippen molar-refractivity contribution in [3.05, 3.63) is 28.5 Å². The molecule has 0 bridgehead atoms. The topological polar surface area (TPSA) is 79.7 Å². The SMILES string of the molecule is CC(C)(C)OC(=O)N1CC[C@@H](C(=O)O)[C@H](c2cc(C3CCC3)c(Cl)cn2)C1. The van der Waals surface area contributed by atoms with Crippen LogP contribution >= 0.6 is 11.6 Å². The van der Waals surface area contributed by atoms with Gasteiger partial charge in [0, 0.05) is 30.9 Å². The van der Waals surface area contributed by atoms with Crippen LogP contribution in [0.25, 0.3) is 0 Å². The van der Waals surface area contributed by atoms with Crippen molar-refractivity contribution in [3.8, 4) is 0 Å². The van der Waals surface area contributed by atoms with Gasteiger partial charge in [-0.15, -0.1) is 0 Å². The zero-order valence-electron chi connectivity index (χ0n) is 16.1. The number of amides is 1. The Bertz CT molecular complexity index is 727. The molecule has 1 aliphatic carbocycles. The fraction of sp³-hybridized carbons (Fsp3) is 0.650. The monoisotopic (exact) mass is 394 g/mol. The lowest BCUT2D eigenvalue weighted by atomic mass is 9.78. The fourth-order valence-electron chi connectivity index (χ4n) is 3.75. The number of carbonyl (C=O) groups excluding carboxylic acids is 1. The molecule has 27 heavy (non-hydrogen) atoms. The summed E-state index contributed by atoms with van der Waals surface area (Å²) in [6.45, 7) is 6.10. The molecule has 2 atom stereocenters. The number of aliphatic carboxylic acids is 1. The third-order valence-corrected chi connectivity index (χ3v) is 5.73. The molecule has 1 aliphatic heterocycles. The maximum atomic E-state index is 12.5. The number of carbonyl (C=O) groups is 2. The molecule has 6 nitrogen and oxygen atoms in total. The molecular weight excluding hydrogens is 368 g/mol. The van der Waals surface area contributed by atoms with E-state index in [-0.39, 0.29) is 12.5 Å². The lowest BCUT2D eigenvalue weighted by Gasteiger charge is -2.37. The summed E-state index contributed by atoms with van der Waals surface area (Å²) in [5, 5.41) is 10.3. The number of nitrogens with zero attached hydrogens (tertiary/aromatic N) is 2. The number of ether oxygens (including phenoxy) is 1. The summed E-state index contributed by atoms with van der Waals surface area (Å²) >= 11 is 6.33. The molecule has 1 aromatic rings. The quantitative estimate of drug-likeness (QED) is 0.820. The Hall–Kier alpha value is -1.82. The van der Waals surface area contributed by atoms with Crippen LogP contribution in [0.2, 0.25) is 5.02 Å². The van der Waals surface area contributed by atoms with Gasteiger partial charge in [-0.1, -0.05) is 18.0 Å². The van der Waals surface area contributed by atoms with Crippen LogP contribution in [0.5, 0.6) is 0 Å². The highest BCUT2D eigenvalue weighted by molar-refractivity contribution is 6.31. The summed E-state index contributed by atoms with van der Waals surface area (Å²) in [4.78, 5) is 30.3. The molecule has 0 aromatic carbocycles. The Balaban J connectivity index is 1.85. The molecule has 1 saturated carbocycles. The van der Waals surface area contributed by atoms with Crippen molar-refractivity contribution >= 4 is 23.7 Å². The Labute approximate surface area is 164 Å². The minimum absolute atomic E-state index is 0.282. The van der Waals surface area contributed by atoms with Crippen LogP contribution in [-0.4, -0.2) is 45.7 Å². The molecule has 0 spiro atoms. The van der Waals surface area contributed by atoms with Gasteiger partial charge in [-0.2, -0.15) is 0 Å². The van der Waals surface area contributed by atoms with Crippen molar-refractivity contribution in [2.45, 2.75) is 63.9 Å². The predicted molar refractivity (Wildman–Crippen MR) is 102 cm³/mol. The minimum atomic E-state index is -0.856. The second-order valence-electron chi connectivity index (χ2n) is 8.52. The maximum absolute atomic E-state index is 12.5. The molecule has 2 fully saturated rings. The smallest absolute Gasteiger partial charge is 0.410 e. The molecule has 3 rings (SSSR count). The first kappa shape index (κ1) is 19.9. The Morgan fingerprint density at radius 2 is 2.00 bits per heavy atom. The molecule has 0 radical (unpaired) electrons. The number of likely N-dealkylation sites (tertiary alicyclic amines) is 1. The Morgan fingerprint density at radius 3 is 2.56 bits per heavy atom. The normalized spacial score (nSPS) is 23.6. The highest BCUT2D eigenvalue weighted by atomic mass is 35.5. The van der Waals surface area contributed by atoms with Crippen molar-refractivity contribution in [2.75, 3.05) is 13.1 Å². The van der Waals surface area contributed by atoms with Crippen molar-refractivity contribution in [2.24, 2.45) is 5.92 Å². The van der Waals surface area contributed by atoms with Crippen molar-refractivity contribution in [3.63, 3.8) is 0 Å². The standard InChI is InChI=1S/C20H27ClN2O4/c1-20(2,3)27-19(26)23-8-7-13(18(24)25)15(11-23)17-9-14(12-5-4-6-12)16(21)10-22-17/h9-10,12-13,15H,4-8,11H2,1-3H3,(H,24,25)/t13-,15-/m1/s1. The second kappa shape index (κ2) is 7.66.